The maximum absolute atomic E-state index is 9.19. The van der Waals surface area contributed by atoms with Crippen LogP contribution >= 0.6 is 0 Å². The third kappa shape index (κ3) is 1.71. The zero-order valence-corrected chi connectivity index (χ0v) is 6.17. The highest BCUT2D eigenvalue weighted by Crippen LogP contribution is 2.18. The fraction of sp³-hybridized carbons (Fsp3) is 1.00. The zero-order valence-electron chi connectivity index (χ0n) is 6.17. The third-order valence-electron chi connectivity index (χ3n) is 1.84. The number of hydrogen-bond acceptors (Lipinski definition) is 5. The molecule has 5 nitrogen and oxygen atoms in total. The Morgan fingerprint density at radius 3 is 2.36 bits per heavy atom. The topological polar surface area (TPSA) is 79.2 Å². The van der Waals surface area contributed by atoms with E-state index in [0.29, 0.717) is 0 Å². The molecule has 3 N–H and O–H groups in total. The van der Waals surface area contributed by atoms with Gasteiger partial charge in [-0.25, -0.2) is 4.89 Å². The molecule has 1 aliphatic rings. The van der Waals surface area contributed by atoms with Crippen molar-refractivity contribution in [2.45, 2.75) is 24.3 Å². The lowest BCUT2D eigenvalue weighted by Gasteiger charge is -2.11. The first kappa shape index (κ1) is 8.96. The molecular formula is C5H11BO5. The van der Waals surface area contributed by atoms with E-state index in [9.17, 15) is 5.11 Å². The van der Waals surface area contributed by atoms with Gasteiger partial charge in [0, 0.05) is 0 Å². The van der Waals surface area contributed by atoms with E-state index >= 15 is 0 Å². The van der Waals surface area contributed by atoms with Crippen LogP contribution in [0.25, 0.3) is 0 Å². The van der Waals surface area contributed by atoms with Crippen molar-refractivity contribution in [2.24, 2.45) is 0 Å². The minimum atomic E-state index is -0.975. The second kappa shape index (κ2) is 3.51. The molecule has 1 fully saturated rings. The summed E-state index contributed by atoms with van der Waals surface area (Å²) in [6, 6.07) is -0.412. The first-order valence-electron chi connectivity index (χ1n) is 3.44. The normalized spacial score (nSPS) is 44.6. The summed E-state index contributed by atoms with van der Waals surface area (Å²) in [5.41, 5.74) is 0. The molecule has 1 aliphatic heterocycles. The lowest BCUT2D eigenvalue weighted by atomic mass is 9.93. The van der Waals surface area contributed by atoms with Crippen LogP contribution in [0.5, 0.6) is 0 Å². The number of aliphatic hydroxyl groups is 2. The Hall–Kier alpha value is -0.135. The van der Waals surface area contributed by atoms with Crippen LogP contribution in [-0.4, -0.2) is 54.2 Å². The van der Waals surface area contributed by atoms with Crippen LogP contribution in [0.2, 0.25) is 0 Å². The maximum Gasteiger partial charge on any atom is 0.142 e. The van der Waals surface area contributed by atoms with E-state index in [1.165, 1.54) is 0 Å². The van der Waals surface area contributed by atoms with Crippen molar-refractivity contribution in [3.8, 4) is 0 Å². The fourth-order valence-electron chi connectivity index (χ4n) is 1.15. The van der Waals surface area contributed by atoms with Gasteiger partial charge in [-0.2, -0.15) is 0 Å². The second-order valence-corrected chi connectivity index (χ2v) is 2.66. The van der Waals surface area contributed by atoms with Gasteiger partial charge in [-0.3, -0.25) is 5.26 Å². The van der Waals surface area contributed by atoms with Gasteiger partial charge < -0.3 is 14.9 Å². The summed E-state index contributed by atoms with van der Waals surface area (Å²) in [4.78, 5) is 3.80. The minimum Gasteiger partial charge on any atom is -0.388 e. The molecule has 0 bridgehead atoms. The molecule has 4 atom stereocenters. The molecule has 1 rings (SSSR count). The summed E-state index contributed by atoms with van der Waals surface area (Å²) in [5, 5.41) is 26.4. The van der Waals surface area contributed by atoms with Gasteiger partial charge in [-0.05, 0) is 0 Å². The van der Waals surface area contributed by atoms with Crippen molar-refractivity contribution >= 4 is 7.85 Å². The van der Waals surface area contributed by atoms with Crippen LogP contribution in [0, 0.1) is 0 Å². The average Bonchev–Trinajstić information content (AvgIpc) is 2.19. The van der Waals surface area contributed by atoms with Crippen molar-refractivity contribution < 1.29 is 25.1 Å². The van der Waals surface area contributed by atoms with Gasteiger partial charge in [0.2, 0.25) is 0 Å². The molecule has 6 heteroatoms. The Morgan fingerprint density at radius 1 is 1.36 bits per heavy atom. The average molecular weight is 162 g/mol. The van der Waals surface area contributed by atoms with Crippen molar-refractivity contribution in [1.29, 1.82) is 0 Å². The van der Waals surface area contributed by atoms with Crippen LogP contribution < -0.4 is 0 Å². The van der Waals surface area contributed by atoms with E-state index in [1.807, 2.05) is 0 Å². The van der Waals surface area contributed by atoms with Crippen LogP contribution in [0.15, 0.2) is 0 Å². The lowest BCUT2D eigenvalue weighted by molar-refractivity contribution is -0.262. The lowest BCUT2D eigenvalue weighted by Crippen LogP contribution is -2.34. The number of hydrogen-bond donors (Lipinski definition) is 3. The Kier molecular flexibility index (Phi) is 2.86. The van der Waals surface area contributed by atoms with Crippen molar-refractivity contribution in [2.75, 3.05) is 6.61 Å². The quantitative estimate of drug-likeness (QED) is 0.238. The standard InChI is InChI=1S/C5H11BO5/c6-5-4(8)3(7)2(11-5)1-10-9/h2-5,7-9H,1,6H2. The van der Waals surface area contributed by atoms with E-state index in [2.05, 4.69) is 4.89 Å². The first-order chi connectivity index (χ1) is 5.16. The molecule has 0 saturated carbocycles. The van der Waals surface area contributed by atoms with Gasteiger partial charge >= 0.3 is 0 Å². The van der Waals surface area contributed by atoms with Crippen molar-refractivity contribution in [1.82, 2.24) is 0 Å². The Bertz CT molecular complexity index is 132. The molecule has 0 aromatic carbocycles. The molecule has 0 spiro atoms. The van der Waals surface area contributed by atoms with Gasteiger partial charge in [0.1, 0.15) is 32.8 Å². The van der Waals surface area contributed by atoms with Gasteiger partial charge in [-0.15, -0.1) is 0 Å². The summed E-state index contributed by atoms with van der Waals surface area (Å²) in [6.07, 6.45) is -2.50. The molecule has 4 unspecified atom stereocenters. The van der Waals surface area contributed by atoms with Crippen LogP contribution in [-0.2, 0) is 9.62 Å². The molecular weight excluding hydrogens is 151 g/mol. The smallest absolute Gasteiger partial charge is 0.142 e. The molecule has 11 heavy (non-hydrogen) atoms. The number of ether oxygens (including phenoxy) is 1. The van der Waals surface area contributed by atoms with Gasteiger partial charge in [0.05, 0.1) is 6.00 Å². The SMILES string of the molecule is BC1OC(COO)C(O)C1O. The Balaban J connectivity index is 2.45. The van der Waals surface area contributed by atoms with Crippen molar-refractivity contribution in [3.63, 3.8) is 0 Å². The Labute approximate surface area is 64.9 Å². The molecule has 0 aliphatic carbocycles. The Morgan fingerprint density at radius 2 is 2.00 bits per heavy atom. The molecule has 0 aromatic rings. The van der Waals surface area contributed by atoms with Crippen LogP contribution in [0.4, 0.5) is 0 Å². The van der Waals surface area contributed by atoms with E-state index in [4.69, 9.17) is 15.1 Å². The fourth-order valence-corrected chi connectivity index (χ4v) is 1.15. The summed E-state index contributed by atoms with van der Waals surface area (Å²) >= 11 is 0. The van der Waals surface area contributed by atoms with Crippen LogP contribution in [0.1, 0.15) is 0 Å². The van der Waals surface area contributed by atoms with E-state index in [1.54, 1.807) is 7.85 Å². The predicted octanol–water partition coefficient (Wildman–Crippen LogP) is -2.44. The van der Waals surface area contributed by atoms with E-state index in [-0.39, 0.29) is 6.61 Å². The molecule has 1 heterocycles. The summed E-state index contributed by atoms with van der Waals surface area (Å²) in [6.45, 7) is -0.122. The van der Waals surface area contributed by atoms with E-state index in [0.717, 1.165) is 0 Å². The largest absolute Gasteiger partial charge is 0.388 e. The first-order valence-corrected chi connectivity index (χ1v) is 3.44. The van der Waals surface area contributed by atoms with E-state index < -0.39 is 24.3 Å². The van der Waals surface area contributed by atoms with Gasteiger partial charge in [0.15, 0.2) is 0 Å². The second-order valence-electron chi connectivity index (χ2n) is 2.66. The predicted molar refractivity (Wildman–Crippen MR) is 37.8 cm³/mol. The highest BCUT2D eigenvalue weighted by Gasteiger charge is 2.39. The molecule has 0 radical (unpaired) electrons. The third-order valence-corrected chi connectivity index (χ3v) is 1.84. The highest BCUT2D eigenvalue weighted by molar-refractivity contribution is 6.11. The molecule has 64 valence electrons. The monoisotopic (exact) mass is 162 g/mol. The zero-order chi connectivity index (χ0) is 8.43. The maximum atomic E-state index is 9.19. The summed E-state index contributed by atoms with van der Waals surface area (Å²) < 4.78 is 5.04. The summed E-state index contributed by atoms with van der Waals surface area (Å²) in [7, 11) is 1.64. The molecule has 1 saturated heterocycles. The highest BCUT2D eigenvalue weighted by atomic mass is 17.1. The summed E-state index contributed by atoms with van der Waals surface area (Å²) in [5.74, 6) is 0. The number of rotatable bonds is 2. The van der Waals surface area contributed by atoms with Crippen LogP contribution in [0.3, 0.4) is 0 Å². The number of aliphatic hydroxyl groups excluding tert-OH is 2. The van der Waals surface area contributed by atoms with Gasteiger partial charge in [-0.1, -0.05) is 0 Å². The molecule has 0 aromatic heterocycles. The van der Waals surface area contributed by atoms with Crippen molar-refractivity contribution in [3.05, 3.63) is 0 Å². The van der Waals surface area contributed by atoms with Gasteiger partial charge in [0.25, 0.3) is 0 Å². The molecule has 0 amide bonds. The minimum absolute atomic E-state index is 0.122.